The topological polar surface area (TPSA) is 54.8 Å². The first kappa shape index (κ1) is 30.1. The Morgan fingerprint density at radius 2 is 0.923 bits per heavy atom. The summed E-state index contributed by atoms with van der Waals surface area (Å²) in [5, 5.41) is 4.55. The molecule has 4 aromatic heterocycles. The largest absolute Gasteiger partial charge is 0.311 e. The maximum atomic E-state index is 4.78. The molecule has 0 aliphatic carbocycles. The van der Waals surface area contributed by atoms with Crippen LogP contribution in [0.1, 0.15) is 0 Å². The third-order valence-electron chi connectivity index (χ3n) is 9.67. The lowest BCUT2D eigenvalue weighted by Gasteiger charge is -2.26. The molecular weight excluding hydrogens is 655 g/mol. The van der Waals surface area contributed by atoms with Crippen LogP contribution >= 0.6 is 11.3 Å². The van der Waals surface area contributed by atoms with Crippen molar-refractivity contribution in [1.29, 1.82) is 0 Å². The van der Waals surface area contributed by atoms with E-state index in [-0.39, 0.29) is 0 Å². The van der Waals surface area contributed by atoms with Crippen LogP contribution in [-0.2, 0) is 0 Å². The number of rotatable bonds is 6. The van der Waals surface area contributed by atoms with E-state index >= 15 is 0 Å². The van der Waals surface area contributed by atoms with Gasteiger partial charge in [0.2, 0.25) is 0 Å². The molecule has 5 nitrogen and oxygen atoms in total. The van der Waals surface area contributed by atoms with Crippen LogP contribution in [0.4, 0.5) is 17.1 Å². The van der Waals surface area contributed by atoms with E-state index < -0.39 is 0 Å². The van der Waals surface area contributed by atoms with Crippen LogP contribution in [0.5, 0.6) is 0 Å². The quantitative estimate of drug-likeness (QED) is 0.175. The summed E-state index contributed by atoms with van der Waals surface area (Å²) in [6.45, 7) is 0. The summed E-state index contributed by atoms with van der Waals surface area (Å²) in [7, 11) is 0. The van der Waals surface area contributed by atoms with E-state index in [0.717, 1.165) is 82.6 Å². The van der Waals surface area contributed by atoms with Gasteiger partial charge in [0.15, 0.2) is 0 Å². The number of para-hydroxylation sites is 2. The Balaban J connectivity index is 1.04. The van der Waals surface area contributed by atoms with Crippen LogP contribution in [0.15, 0.2) is 176 Å². The van der Waals surface area contributed by atoms with Gasteiger partial charge in [0.25, 0.3) is 0 Å². The van der Waals surface area contributed by atoms with Gasteiger partial charge < -0.3 is 4.90 Å². The number of nitrogens with zero attached hydrogens (tertiary/aromatic N) is 5. The van der Waals surface area contributed by atoms with Crippen LogP contribution in [0.2, 0.25) is 0 Å². The fourth-order valence-corrected chi connectivity index (χ4v) is 8.10. The minimum absolute atomic E-state index is 0.947. The number of benzene rings is 6. The minimum atomic E-state index is 0.947. The first-order valence-electron chi connectivity index (χ1n) is 17.2. The molecule has 0 unspecified atom stereocenters. The van der Waals surface area contributed by atoms with E-state index in [9.17, 15) is 0 Å². The van der Waals surface area contributed by atoms with E-state index in [1.54, 1.807) is 17.7 Å². The van der Waals surface area contributed by atoms with Crippen molar-refractivity contribution in [2.75, 3.05) is 4.90 Å². The molecule has 6 aromatic carbocycles. The Morgan fingerprint density at radius 1 is 0.423 bits per heavy atom. The standard InChI is InChI=1S/C46H29N5S/c1-4-10-41-33(7-1)25-35(27-47-41)30-13-19-37(20-14-30)51(38-21-15-31(16-22-38)36-26-34-8-2-5-11-42(34)48-28-36)39-23-17-32(18-24-39)45-44-40-9-3-6-12-43(40)52-46(44)50-29-49-45/h1-29H. The summed E-state index contributed by atoms with van der Waals surface area (Å²) in [6.07, 6.45) is 5.58. The van der Waals surface area contributed by atoms with Gasteiger partial charge >= 0.3 is 0 Å². The first-order valence-corrected chi connectivity index (χ1v) is 18.0. The smallest absolute Gasteiger partial charge is 0.128 e. The highest BCUT2D eigenvalue weighted by Gasteiger charge is 2.17. The number of aromatic nitrogens is 4. The average Bonchev–Trinajstić information content (AvgIpc) is 3.61. The van der Waals surface area contributed by atoms with Gasteiger partial charge in [-0.1, -0.05) is 91.0 Å². The van der Waals surface area contributed by atoms with Crippen molar-refractivity contribution < 1.29 is 0 Å². The van der Waals surface area contributed by atoms with Gasteiger partial charge in [-0.3, -0.25) is 9.97 Å². The lowest BCUT2D eigenvalue weighted by molar-refractivity contribution is 1.23. The Kier molecular flexibility index (Phi) is 7.25. The lowest BCUT2D eigenvalue weighted by Crippen LogP contribution is -2.09. The number of fused-ring (bicyclic) bond motifs is 5. The van der Waals surface area contributed by atoms with Gasteiger partial charge in [0, 0.05) is 72.4 Å². The summed E-state index contributed by atoms with van der Waals surface area (Å²) in [4.78, 5) is 22.1. The number of hydrogen-bond donors (Lipinski definition) is 0. The van der Waals surface area contributed by atoms with E-state index in [2.05, 4.69) is 143 Å². The Morgan fingerprint density at radius 3 is 1.50 bits per heavy atom. The molecule has 0 radical (unpaired) electrons. The van der Waals surface area contributed by atoms with Crippen LogP contribution in [0, 0.1) is 0 Å². The molecule has 0 saturated heterocycles. The van der Waals surface area contributed by atoms with Crippen molar-refractivity contribution in [1.82, 2.24) is 19.9 Å². The normalized spacial score (nSPS) is 11.5. The van der Waals surface area contributed by atoms with Crippen molar-refractivity contribution in [3.05, 3.63) is 176 Å². The zero-order valence-corrected chi connectivity index (χ0v) is 28.7. The molecule has 0 fully saturated rings. The number of anilines is 3. The van der Waals surface area contributed by atoms with E-state index in [1.807, 2.05) is 36.7 Å². The van der Waals surface area contributed by atoms with Gasteiger partial charge in [-0.05, 0) is 77.9 Å². The summed E-state index contributed by atoms with van der Waals surface area (Å²) >= 11 is 1.71. The summed E-state index contributed by atoms with van der Waals surface area (Å²) in [5.41, 5.74) is 11.6. The molecule has 244 valence electrons. The molecule has 0 bridgehead atoms. The third-order valence-corrected chi connectivity index (χ3v) is 10.8. The summed E-state index contributed by atoms with van der Waals surface area (Å²) in [6, 6.07) is 55.5. The second-order valence-electron chi connectivity index (χ2n) is 12.8. The van der Waals surface area contributed by atoms with Crippen molar-refractivity contribution in [3.63, 3.8) is 0 Å². The van der Waals surface area contributed by atoms with Gasteiger partial charge in [0.05, 0.1) is 16.7 Å². The summed E-state index contributed by atoms with van der Waals surface area (Å²) < 4.78 is 1.22. The third kappa shape index (κ3) is 5.34. The predicted molar refractivity (Wildman–Crippen MR) is 217 cm³/mol. The Labute approximate surface area is 304 Å². The molecule has 0 saturated carbocycles. The molecular formula is C46H29N5S. The SMILES string of the molecule is c1ccc2ncc(-c3ccc(N(c4ccc(-c5cnc6ccccc6c5)cc4)c4ccc(-c5ncnc6sc7ccccc7c56)cc4)cc3)cc2c1. The van der Waals surface area contributed by atoms with Crippen LogP contribution in [-0.4, -0.2) is 19.9 Å². The fraction of sp³-hybridized carbons (Fsp3) is 0. The second kappa shape index (κ2) is 12.5. The maximum absolute atomic E-state index is 4.78. The molecule has 6 heteroatoms. The zero-order valence-electron chi connectivity index (χ0n) is 27.9. The van der Waals surface area contributed by atoms with Crippen molar-refractivity contribution >= 4 is 70.5 Å². The fourth-order valence-electron chi connectivity index (χ4n) is 7.05. The van der Waals surface area contributed by atoms with Gasteiger partial charge in [-0.15, -0.1) is 11.3 Å². The molecule has 0 aliphatic rings. The Bertz CT molecular complexity index is 2780. The van der Waals surface area contributed by atoms with E-state index in [1.165, 1.54) is 10.1 Å². The minimum Gasteiger partial charge on any atom is -0.311 e. The molecule has 0 N–H and O–H groups in total. The number of thiophene rings is 1. The predicted octanol–water partition coefficient (Wildman–Crippen LogP) is 12.4. The molecule has 0 aliphatic heterocycles. The van der Waals surface area contributed by atoms with E-state index in [0.29, 0.717) is 0 Å². The van der Waals surface area contributed by atoms with Gasteiger partial charge in [-0.2, -0.15) is 0 Å². The molecule has 4 heterocycles. The zero-order chi connectivity index (χ0) is 34.4. The van der Waals surface area contributed by atoms with E-state index in [4.69, 9.17) is 15.0 Å². The monoisotopic (exact) mass is 683 g/mol. The molecule has 0 spiro atoms. The lowest BCUT2D eigenvalue weighted by atomic mass is 10.0. The second-order valence-corrected chi connectivity index (χ2v) is 13.8. The first-order chi connectivity index (χ1) is 25.7. The highest BCUT2D eigenvalue weighted by atomic mass is 32.1. The van der Waals surface area contributed by atoms with Crippen molar-refractivity contribution in [3.8, 4) is 33.5 Å². The average molecular weight is 684 g/mol. The van der Waals surface area contributed by atoms with Crippen LogP contribution in [0.25, 0.3) is 75.6 Å². The molecule has 10 aromatic rings. The Hall–Kier alpha value is -6.76. The highest BCUT2D eigenvalue weighted by molar-refractivity contribution is 7.25. The highest BCUT2D eigenvalue weighted by Crippen LogP contribution is 2.40. The van der Waals surface area contributed by atoms with Crippen LogP contribution in [0.3, 0.4) is 0 Å². The number of pyridine rings is 2. The summed E-state index contributed by atoms with van der Waals surface area (Å²) in [5.74, 6) is 0. The van der Waals surface area contributed by atoms with Gasteiger partial charge in [-0.25, -0.2) is 9.97 Å². The van der Waals surface area contributed by atoms with Gasteiger partial charge in [0.1, 0.15) is 11.2 Å². The molecule has 0 amide bonds. The molecule has 0 atom stereocenters. The molecule has 52 heavy (non-hydrogen) atoms. The van der Waals surface area contributed by atoms with Crippen LogP contribution < -0.4 is 4.90 Å². The molecule has 10 rings (SSSR count). The number of hydrogen-bond acceptors (Lipinski definition) is 6. The van der Waals surface area contributed by atoms with Crippen molar-refractivity contribution in [2.45, 2.75) is 0 Å². The van der Waals surface area contributed by atoms with Crippen molar-refractivity contribution in [2.24, 2.45) is 0 Å². The maximum Gasteiger partial charge on any atom is 0.128 e.